The zero-order chi connectivity index (χ0) is 18.6. The van der Waals surface area contributed by atoms with Crippen LogP contribution in [-0.4, -0.2) is 111 Å². The molecule has 18 heteroatoms. The van der Waals surface area contributed by atoms with Gasteiger partial charge in [0, 0.05) is 26.2 Å². The Morgan fingerprint density at radius 2 is 0.792 bits per heavy atom. The van der Waals surface area contributed by atoms with Crippen molar-refractivity contribution in [2.45, 2.75) is 7.43 Å². The fourth-order valence-electron chi connectivity index (χ4n) is 0.777. The number of hydrogen-bond acceptors (Lipinski definition) is 2. The minimum atomic E-state index is -6.00. The molecule has 1 fully saturated rings. The maximum absolute atomic E-state index is 9.75. The quantitative estimate of drug-likeness (QED) is 0.481. The molecule has 0 amide bonds. The van der Waals surface area contributed by atoms with Crippen LogP contribution < -0.4 is 5.32 Å². The van der Waals surface area contributed by atoms with Crippen LogP contribution >= 0.6 is 0 Å². The van der Waals surface area contributed by atoms with Gasteiger partial charge in [-0.15, -0.1) is 0 Å². The van der Waals surface area contributed by atoms with Crippen LogP contribution in [0.4, 0.5) is 51.8 Å². The second-order valence-corrected chi connectivity index (χ2v) is 3.54. The molecule has 0 unspecified atom stereocenters. The van der Waals surface area contributed by atoms with Crippen molar-refractivity contribution >= 4 is 73.1 Å². The van der Waals surface area contributed by atoms with Gasteiger partial charge in [-0.2, -0.15) is 0 Å². The third kappa shape index (κ3) is 139. The van der Waals surface area contributed by atoms with E-state index in [1.807, 2.05) is 0 Å². The van der Waals surface area contributed by atoms with Crippen LogP contribution in [0.1, 0.15) is 7.43 Å². The van der Waals surface area contributed by atoms with E-state index in [9.17, 15) is 51.8 Å². The first-order valence-electron chi connectivity index (χ1n) is 5.41. The summed E-state index contributed by atoms with van der Waals surface area (Å²) >= 11 is 0. The number of piperazine rings is 1. The Kier molecular flexibility index (Phi) is 25.9. The molecule has 1 aliphatic rings. The van der Waals surface area contributed by atoms with Crippen molar-refractivity contribution in [2.24, 2.45) is 0 Å². The molecule has 2 nitrogen and oxygen atoms in total. The first-order chi connectivity index (χ1) is 9.39. The monoisotopic (exact) mass is 417 g/mol. The van der Waals surface area contributed by atoms with Crippen LogP contribution in [0.15, 0.2) is 0 Å². The van der Waals surface area contributed by atoms with Crippen molar-refractivity contribution in [3.05, 3.63) is 0 Å². The average Bonchev–Trinajstić information content (AvgIpc) is 2.09. The molecular weight excluding hydrogens is 400 g/mol. The summed E-state index contributed by atoms with van der Waals surface area (Å²) in [5.74, 6) is 0. The van der Waals surface area contributed by atoms with Gasteiger partial charge in [-0.1, -0.05) is 7.43 Å². The van der Waals surface area contributed by atoms with Gasteiger partial charge in [0.05, 0.1) is 0 Å². The van der Waals surface area contributed by atoms with E-state index >= 15 is 0 Å². The van der Waals surface area contributed by atoms with E-state index < -0.39 is 21.8 Å². The second-order valence-electron chi connectivity index (χ2n) is 3.54. The van der Waals surface area contributed by atoms with E-state index in [2.05, 4.69) is 17.3 Å². The zero-order valence-electron chi connectivity index (χ0n) is 11.0. The molecule has 0 aromatic heterocycles. The summed E-state index contributed by atoms with van der Waals surface area (Å²) in [6.45, 7) is 4.74. The summed E-state index contributed by atoms with van der Waals surface area (Å²) < 4.78 is 117. The first kappa shape index (κ1) is 35.9. The molecule has 0 aromatic rings. The molecule has 148 valence electrons. The van der Waals surface area contributed by atoms with E-state index in [1.165, 1.54) is 13.1 Å². The SMILES string of the molecule is C.CN1CCNCC1.F[B-](F)(F)F.F[B-](F)(F)F.F[B-](F)(F)F.[KH]. The molecule has 0 radical (unpaired) electrons. The molecule has 1 N–H and O–H groups in total. The van der Waals surface area contributed by atoms with E-state index in [4.69, 9.17) is 0 Å². The Morgan fingerprint density at radius 3 is 0.875 bits per heavy atom. The molecule has 24 heavy (non-hydrogen) atoms. The fourth-order valence-corrected chi connectivity index (χ4v) is 0.777. The molecule has 0 saturated carbocycles. The fraction of sp³-hybridized carbons (Fsp3) is 1.00. The molecule has 0 bridgehead atoms. The number of rotatable bonds is 0. The molecule has 1 saturated heterocycles. The van der Waals surface area contributed by atoms with Gasteiger partial charge in [-0.05, 0) is 7.05 Å². The zero-order valence-corrected chi connectivity index (χ0v) is 11.0. The summed E-state index contributed by atoms with van der Waals surface area (Å²) in [7, 11) is -15.8. The Labute approximate surface area is 174 Å². The first-order valence-corrected chi connectivity index (χ1v) is 5.41. The molecule has 1 aliphatic heterocycles. The maximum atomic E-state index is 9.75. The summed E-state index contributed by atoms with van der Waals surface area (Å²) in [6.07, 6.45) is 0. The van der Waals surface area contributed by atoms with Crippen LogP contribution in [0.25, 0.3) is 0 Å². The number of halogens is 12. The van der Waals surface area contributed by atoms with E-state index in [1.54, 1.807) is 0 Å². The van der Waals surface area contributed by atoms with Crippen molar-refractivity contribution in [1.82, 2.24) is 10.2 Å². The van der Waals surface area contributed by atoms with Crippen molar-refractivity contribution in [2.75, 3.05) is 33.2 Å². The summed E-state index contributed by atoms with van der Waals surface area (Å²) in [4.78, 5) is 2.33. The van der Waals surface area contributed by atoms with Gasteiger partial charge in [0.2, 0.25) is 0 Å². The van der Waals surface area contributed by atoms with E-state index in [0.717, 1.165) is 13.1 Å². The normalized spacial score (nSPS) is 14.9. The Bertz CT molecular complexity index is 208. The van der Waals surface area contributed by atoms with Crippen molar-refractivity contribution in [1.29, 1.82) is 0 Å². The van der Waals surface area contributed by atoms with Crippen molar-refractivity contribution in [3.8, 4) is 0 Å². The summed E-state index contributed by atoms with van der Waals surface area (Å²) in [5, 5.41) is 3.27. The van der Waals surface area contributed by atoms with Crippen LogP contribution in [0.3, 0.4) is 0 Å². The predicted molar refractivity (Wildman–Crippen MR) is 74.8 cm³/mol. The standard InChI is InChI=1S/C5H12N2.CH4.3BF4.K.H/c1-7-4-2-6-3-5-7;;3*2-1(3,4)5;;/h6H,2-5H2,1H3;1H4;;;;;/q;;3*-1;;. The van der Waals surface area contributed by atoms with Crippen LogP contribution in [0, 0.1) is 0 Å². The minimum absolute atomic E-state index is 0. The van der Waals surface area contributed by atoms with Crippen molar-refractivity contribution in [3.63, 3.8) is 0 Å². The molecule has 1 rings (SSSR count). The van der Waals surface area contributed by atoms with Crippen LogP contribution in [0.2, 0.25) is 0 Å². The number of nitrogens with zero attached hydrogens (tertiary/aromatic N) is 1. The molecule has 0 spiro atoms. The number of hydrogen-bond donors (Lipinski definition) is 1. The number of nitrogens with one attached hydrogen (secondary N) is 1. The Hall–Kier alpha value is 0.911. The number of likely N-dealkylation sites (N-methyl/N-ethyl adjacent to an activating group) is 1. The molecule has 0 aromatic carbocycles. The van der Waals surface area contributed by atoms with Crippen molar-refractivity contribution < 1.29 is 51.8 Å². The molecule has 0 aliphatic carbocycles. The topological polar surface area (TPSA) is 15.3 Å². The van der Waals surface area contributed by atoms with Gasteiger partial charge in [0.1, 0.15) is 0 Å². The van der Waals surface area contributed by atoms with Crippen LogP contribution in [-0.2, 0) is 0 Å². The van der Waals surface area contributed by atoms with Gasteiger partial charge in [0.25, 0.3) is 0 Å². The summed E-state index contributed by atoms with van der Waals surface area (Å²) in [6, 6.07) is 0. The molecular formula is C6H17B3F12KN2-3. The Balaban J connectivity index is -0.0000000661. The van der Waals surface area contributed by atoms with Gasteiger partial charge >= 0.3 is 73.1 Å². The van der Waals surface area contributed by atoms with Gasteiger partial charge in [0.15, 0.2) is 0 Å². The van der Waals surface area contributed by atoms with Crippen LogP contribution in [0.5, 0.6) is 0 Å². The second kappa shape index (κ2) is 17.3. The molecule has 0 atom stereocenters. The summed E-state index contributed by atoms with van der Waals surface area (Å²) in [5.41, 5.74) is 0. The Morgan fingerprint density at radius 1 is 0.625 bits per heavy atom. The molecule has 1 heterocycles. The third-order valence-corrected chi connectivity index (χ3v) is 1.34. The van der Waals surface area contributed by atoms with Gasteiger partial charge in [-0.25, -0.2) is 0 Å². The third-order valence-electron chi connectivity index (χ3n) is 1.34. The van der Waals surface area contributed by atoms with Gasteiger partial charge < -0.3 is 62.0 Å². The van der Waals surface area contributed by atoms with E-state index in [-0.39, 0.29) is 58.8 Å². The average molecular weight is 417 g/mol. The predicted octanol–water partition coefficient (Wildman–Crippen LogP) is 3.41. The van der Waals surface area contributed by atoms with E-state index in [0.29, 0.717) is 0 Å². The van der Waals surface area contributed by atoms with Gasteiger partial charge in [-0.3, -0.25) is 0 Å².